The van der Waals surface area contributed by atoms with Crippen LogP contribution in [-0.4, -0.2) is 96.8 Å². The van der Waals surface area contributed by atoms with Crippen LogP contribution in [0.2, 0.25) is 0 Å². The highest BCUT2D eigenvalue weighted by Gasteiger charge is 2.27. The third kappa shape index (κ3) is 6.67. The van der Waals surface area contributed by atoms with Crippen molar-refractivity contribution in [2.45, 2.75) is 38.2 Å². The number of nitrogens with one attached hydrogen (secondary N) is 1. The molecule has 0 atom stereocenters. The number of fused-ring (bicyclic) bond motifs is 1. The molecule has 0 radical (unpaired) electrons. The van der Waals surface area contributed by atoms with E-state index in [9.17, 15) is 13.2 Å². The van der Waals surface area contributed by atoms with Crippen LogP contribution >= 0.6 is 0 Å². The molecule has 0 spiro atoms. The third-order valence-corrected chi connectivity index (χ3v) is 7.88. The highest BCUT2D eigenvalue weighted by atomic mass is 19.3. The van der Waals surface area contributed by atoms with Crippen LogP contribution in [0.25, 0.3) is 16.9 Å². The van der Waals surface area contributed by atoms with Gasteiger partial charge in [-0.3, -0.25) is 9.47 Å². The van der Waals surface area contributed by atoms with Crippen molar-refractivity contribution in [3.05, 3.63) is 36.2 Å². The third-order valence-electron chi connectivity index (χ3n) is 7.88. The molecule has 9 nitrogen and oxygen atoms in total. The van der Waals surface area contributed by atoms with Crippen LogP contribution in [0.5, 0.6) is 0 Å². The van der Waals surface area contributed by atoms with Crippen LogP contribution in [0.1, 0.15) is 37.9 Å². The van der Waals surface area contributed by atoms with Crippen molar-refractivity contribution in [3.8, 4) is 5.82 Å². The smallest absolute Gasteiger partial charge is 0.296 e. The fourth-order valence-electron chi connectivity index (χ4n) is 5.75. The number of hydrogen-bond donors (Lipinski definition) is 1. The second-order valence-corrected chi connectivity index (χ2v) is 10.4. The summed E-state index contributed by atoms with van der Waals surface area (Å²) in [7, 11) is 1.67. The predicted octanol–water partition coefficient (Wildman–Crippen LogP) is 4.48. The summed E-state index contributed by atoms with van der Waals surface area (Å²) in [6.07, 6.45) is 1.24. The fraction of sp³-hybridized carbons (Fsp3) is 0.607. The number of alkyl halides is 3. The Bertz CT molecular complexity index is 1230. The van der Waals surface area contributed by atoms with Crippen LogP contribution in [0.3, 0.4) is 0 Å². The van der Waals surface area contributed by atoms with E-state index in [0.717, 1.165) is 32.2 Å². The maximum atomic E-state index is 14.1. The zero-order valence-corrected chi connectivity index (χ0v) is 22.9. The molecule has 1 N–H and O–H groups in total. The number of methoxy groups -OCH3 is 1. The minimum atomic E-state index is -2.76. The first kappa shape index (κ1) is 28.6. The standard InChI is InChI=1S/C28H38F3N7O2/c1-39-15-12-36(11-10-29)21-8-6-20(7-9-21)19-32-28-34-24(37-13-16-40-17-14-37)18-25(35-28)38-23-5-3-2-4-22(23)33-27(38)26(30)31/h2-5,18,20-21,26H,6-17,19H2,1H3,(H,32,34,35)/t20-,21-. The minimum absolute atomic E-state index is 0.344. The van der Waals surface area contributed by atoms with Gasteiger partial charge in [0, 0.05) is 51.9 Å². The average molecular weight is 562 g/mol. The minimum Gasteiger partial charge on any atom is -0.383 e. The predicted molar refractivity (Wildman–Crippen MR) is 148 cm³/mol. The Kier molecular flexibility index (Phi) is 9.71. The van der Waals surface area contributed by atoms with E-state index in [1.54, 1.807) is 37.4 Å². The number of halogens is 3. The first-order valence-electron chi connectivity index (χ1n) is 14.1. The number of rotatable bonds is 12. The molecule has 2 aromatic heterocycles. The molecule has 40 heavy (non-hydrogen) atoms. The van der Waals surface area contributed by atoms with Gasteiger partial charge in [-0.1, -0.05) is 12.1 Å². The average Bonchev–Trinajstić information content (AvgIpc) is 3.39. The molecule has 0 bridgehead atoms. The van der Waals surface area contributed by atoms with Crippen molar-refractivity contribution in [3.63, 3.8) is 0 Å². The topological polar surface area (TPSA) is 80.6 Å². The van der Waals surface area contributed by atoms with E-state index in [1.807, 2.05) is 0 Å². The summed E-state index contributed by atoms with van der Waals surface area (Å²) in [5, 5.41) is 3.40. The van der Waals surface area contributed by atoms with Crippen LogP contribution in [-0.2, 0) is 9.47 Å². The molecule has 5 rings (SSSR count). The molecule has 0 amide bonds. The van der Waals surface area contributed by atoms with Crippen LogP contribution in [0, 0.1) is 5.92 Å². The summed E-state index contributed by atoms with van der Waals surface area (Å²) < 4.78 is 53.5. The molecule has 2 fully saturated rings. The molecule has 2 aliphatic rings. The quantitative estimate of drug-likeness (QED) is 0.347. The summed E-state index contributed by atoms with van der Waals surface area (Å²) in [5.41, 5.74) is 1.06. The van der Waals surface area contributed by atoms with Gasteiger partial charge in [0.1, 0.15) is 18.3 Å². The number of ether oxygens (including phenoxy) is 2. The van der Waals surface area contributed by atoms with Gasteiger partial charge in [-0.15, -0.1) is 0 Å². The maximum absolute atomic E-state index is 14.1. The van der Waals surface area contributed by atoms with Gasteiger partial charge < -0.3 is 19.7 Å². The number of imidazole rings is 1. The Balaban J connectivity index is 1.35. The van der Waals surface area contributed by atoms with Gasteiger partial charge in [-0.05, 0) is 43.7 Å². The molecule has 3 aromatic rings. The fourth-order valence-corrected chi connectivity index (χ4v) is 5.75. The van der Waals surface area contributed by atoms with E-state index in [2.05, 4.69) is 20.1 Å². The molecular weight excluding hydrogens is 523 g/mol. The first-order chi connectivity index (χ1) is 19.6. The Morgan fingerprint density at radius 2 is 1.80 bits per heavy atom. The monoisotopic (exact) mass is 561 g/mol. The molecule has 12 heteroatoms. The lowest BCUT2D eigenvalue weighted by atomic mass is 9.85. The van der Waals surface area contributed by atoms with E-state index >= 15 is 0 Å². The lowest BCUT2D eigenvalue weighted by Gasteiger charge is -2.36. The van der Waals surface area contributed by atoms with Gasteiger partial charge in [-0.25, -0.2) is 18.2 Å². The molecule has 1 saturated heterocycles. The van der Waals surface area contributed by atoms with Crippen molar-refractivity contribution in [1.29, 1.82) is 0 Å². The number of anilines is 2. The van der Waals surface area contributed by atoms with Gasteiger partial charge in [0.15, 0.2) is 5.82 Å². The largest absolute Gasteiger partial charge is 0.383 e. The normalized spacial score (nSPS) is 20.1. The van der Waals surface area contributed by atoms with E-state index in [-0.39, 0.29) is 12.5 Å². The summed E-state index contributed by atoms with van der Waals surface area (Å²) in [5.74, 6) is 1.49. The Morgan fingerprint density at radius 3 is 2.52 bits per heavy atom. The second kappa shape index (κ2) is 13.6. The number of para-hydroxylation sites is 2. The van der Waals surface area contributed by atoms with Crippen molar-refractivity contribution in [1.82, 2.24) is 24.4 Å². The van der Waals surface area contributed by atoms with Crippen molar-refractivity contribution in [2.24, 2.45) is 5.92 Å². The zero-order chi connectivity index (χ0) is 27.9. The van der Waals surface area contributed by atoms with Crippen LogP contribution in [0.4, 0.5) is 24.9 Å². The first-order valence-corrected chi connectivity index (χ1v) is 14.1. The number of hydrogen-bond acceptors (Lipinski definition) is 8. The molecule has 1 saturated carbocycles. The van der Waals surface area contributed by atoms with E-state index in [0.29, 0.717) is 86.6 Å². The maximum Gasteiger partial charge on any atom is 0.296 e. The van der Waals surface area contributed by atoms with Gasteiger partial charge in [0.25, 0.3) is 6.43 Å². The van der Waals surface area contributed by atoms with E-state index < -0.39 is 6.43 Å². The Hall–Kier alpha value is -2.96. The highest BCUT2D eigenvalue weighted by molar-refractivity contribution is 5.78. The number of aromatic nitrogens is 4. The Morgan fingerprint density at radius 1 is 1.05 bits per heavy atom. The summed E-state index contributed by atoms with van der Waals surface area (Å²) in [6, 6.07) is 9.19. The van der Waals surface area contributed by atoms with Crippen molar-refractivity contribution in [2.75, 3.05) is 76.5 Å². The molecule has 3 heterocycles. The molecule has 1 aliphatic carbocycles. The molecular formula is C28H38F3N7O2. The highest BCUT2D eigenvalue weighted by Crippen LogP contribution is 2.31. The SMILES string of the molecule is COCCN(CCF)[C@H]1CC[C@H](CNc2nc(N3CCOCC3)cc(-n3c(C(F)F)nc4ccccc43)n2)CC1. The second-order valence-electron chi connectivity index (χ2n) is 10.4. The summed E-state index contributed by atoms with van der Waals surface area (Å²) in [6.45, 7) is 4.55. The van der Waals surface area contributed by atoms with Gasteiger partial charge in [0.05, 0.1) is 30.9 Å². The summed E-state index contributed by atoms with van der Waals surface area (Å²) >= 11 is 0. The van der Waals surface area contributed by atoms with Gasteiger partial charge >= 0.3 is 0 Å². The number of nitrogens with zero attached hydrogens (tertiary/aromatic N) is 6. The number of morpholine rings is 1. The molecule has 1 aliphatic heterocycles. The van der Waals surface area contributed by atoms with Crippen LogP contribution in [0.15, 0.2) is 30.3 Å². The Labute approximate surface area is 232 Å². The summed E-state index contributed by atoms with van der Waals surface area (Å²) in [4.78, 5) is 17.9. The van der Waals surface area contributed by atoms with Crippen molar-refractivity contribution < 1.29 is 22.6 Å². The lowest BCUT2D eigenvalue weighted by Crippen LogP contribution is -2.42. The van der Waals surface area contributed by atoms with Gasteiger partial charge in [0.2, 0.25) is 5.95 Å². The molecule has 0 unspecified atom stereocenters. The molecule has 218 valence electrons. The lowest BCUT2D eigenvalue weighted by molar-refractivity contribution is 0.0888. The van der Waals surface area contributed by atoms with E-state index in [1.165, 1.54) is 4.57 Å². The van der Waals surface area contributed by atoms with Gasteiger partial charge in [-0.2, -0.15) is 9.97 Å². The van der Waals surface area contributed by atoms with Crippen molar-refractivity contribution >= 4 is 22.8 Å². The van der Waals surface area contributed by atoms with Crippen LogP contribution < -0.4 is 10.2 Å². The zero-order valence-electron chi connectivity index (χ0n) is 22.9. The van der Waals surface area contributed by atoms with E-state index in [4.69, 9.17) is 19.4 Å². The number of benzene rings is 1. The molecule has 1 aromatic carbocycles.